The van der Waals surface area contributed by atoms with E-state index in [2.05, 4.69) is 6.58 Å². The first-order valence-corrected chi connectivity index (χ1v) is 9.56. The van der Waals surface area contributed by atoms with Crippen molar-refractivity contribution in [3.05, 3.63) is 47.0 Å². The van der Waals surface area contributed by atoms with Crippen molar-refractivity contribution < 1.29 is 38.5 Å². The normalized spacial score (nSPS) is 27.0. The Bertz CT molecular complexity index is 874. The molecule has 1 unspecified atom stereocenters. The fraction of sp³-hybridized carbons (Fsp3) is 0.500. The van der Waals surface area contributed by atoms with E-state index in [4.69, 9.17) is 13.9 Å². The smallest absolute Gasteiger partial charge is 0.341 e. The highest BCUT2D eigenvalue weighted by Gasteiger charge is 2.34. The van der Waals surface area contributed by atoms with Crippen LogP contribution in [0.15, 0.2) is 34.3 Å². The molecule has 0 amide bonds. The van der Waals surface area contributed by atoms with Gasteiger partial charge in [-0.05, 0) is 32.3 Å². The van der Waals surface area contributed by atoms with Gasteiger partial charge in [-0.15, -0.1) is 0 Å². The average Bonchev–Trinajstić information content (AvgIpc) is 3.06. The Hall–Kier alpha value is -2.71. The third-order valence-electron chi connectivity index (χ3n) is 5.15. The lowest BCUT2D eigenvalue weighted by Gasteiger charge is -2.23. The van der Waals surface area contributed by atoms with Gasteiger partial charge in [0.1, 0.15) is 23.2 Å². The molecule has 1 aromatic heterocycles. The number of methoxy groups -OCH3 is 2. The van der Waals surface area contributed by atoms with E-state index >= 15 is 0 Å². The summed E-state index contributed by atoms with van der Waals surface area (Å²) in [7, 11) is 2.41. The number of furan rings is 1. The fourth-order valence-electron chi connectivity index (χ4n) is 3.47. The number of ether oxygens (including phenoxy) is 2. The van der Waals surface area contributed by atoms with Gasteiger partial charge < -0.3 is 24.1 Å². The molecule has 0 fully saturated rings. The Kier molecular flexibility index (Phi) is 7.39. The van der Waals surface area contributed by atoms with Gasteiger partial charge in [0, 0.05) is 19.3 Å². The Morgan fingerprint density at radius 3 is 2.43 bits per heavy atom. The molecular formula is C22H28O8. The Morgan fingerprint density at radius 1 is 1.23 bits per heavy atom. The van der Waals surface area contributed by atoms with Crippen LogP contribution in [0, 0.1) is 5.92 Å². The van der Waals surface area contributed by atoms with Crippen LogP contribution in [0.5, 0.6) is 0 Å². The summed E-state index contributed by atoms with van der Waals surface area (Å²) >= 11 is 0. The van der Waals surface area contributed by atoms with Gasteiger partial charge >= 0.3 is 11.9 Å². The fourth-order valence-corrected chi connectivity index (χ4v) is 3.47. The Morgan fingerprint density at radius 2 is 1.87 bits per heavy atom. The lowest BCUT2D eigenvalue weighted by Crippen LogP contribution is -2.37. The van der Waals surface area contributed by atoms with Crippen molar-refractivity contribution >= 4 is 17.7 Å². The first-order chi connectivity index (χ1) is 14.0. The van der Waals surface area contributed by atoms with Crippen molar-refractivity contribution in [3.63, 3.8) is 0 Å². The van der Waals surface area contributed by atoms with E-state index < -0.39 is 35.8 Å². The topological polar surface area (TPSA) is 123 Å². The van der Waals surface area contributed by atoms with Gasteiger partial charge in [0.15, 0.2) is 5.78 Å². The third kappa shape index (κ3) is 5.46. The van der Waals surface area contributed by atoms with Crippen LogP contribution in [0.3, 0.4) is 0 Å². The monoisotopic (exact) mass is 420 g/mol. The Labute approximate surface area is 175 Å². The summed E-state index contributed by atoms with van der Waals surface area (Å²) in [6.07, 6.45) is -0.288. The number of allylic oxidation sites excluding steroid dienone is 2. The predicted molar refractivity (Wildman–Crippen MR) is 107 cm³/mol. The average molecular weight is 420 g/mol. The lowest BCUT2D eigenvalue weighted by atomic mass is 9.88. The van der Waals surface area contributed by atoms with Gasteiger partial charge in [0.2, 0.25) is 0 Å². The van der Waals surface area contributed by atoms with Crippen LogP contribution in [0.2, 0.25) is 0 Å². The summed E-state index contributed by atoms with van der Waals surface area (Å²) in [5.41, 5.74) is -0.790. The standard InChI is InChI=1S/C22H28O8/c1-12(2)13-6-7-15(20(25)28-4)19(24)17(23)11-22(3,27)10-14-9-16(21(26)29-5)18(8-13)30-14/h7,9,13,19,24,27H,1,6,8,10-11H2,2-5H3/b15-7-/t13-,19?,22+/m0/s1. The number of aliphatic hydroxyl groups is 2. The molecule has 164 valence electrons. The number of hydrogen-bond acceptors (Lipinski definition) is 8. The number of carbonyl (C=O) groups excluding carboxylic acids is 3. The lowest BCUT2D eigenvalue weighted by molar-refractivity contribution is -0.140. The number of ketones is 1. The largest absolute Gasteiger partial charge is 0.466 e. The van der Waals surface area contributed by atoms with Crippen molar-refractivity contribution in [2.24, 2.45) is 5.92 Å². The number of carbonyl (C=O) groups is 3. The molecule has 3 atom stereocenters. The highest BCUT2D eigenvalue weighted by molar-refractivity contribution is 5.99. The van der Waals surface area contributed by atoms with Gasteiger partial charge in [0.05, 0.1) is 25.4 Å². The van der Waals surface area contributed by atoms with Crippen LogP contribution < -0.4 is 0 Å². The molecule has 2 rings (SSSR count). The van der Waals surface area contributed by atoms with Gasteiger partial charge in [-0.1, -0.05) is 18.2 Å². The molecule has 30 heavy (non-hydrogen) atoms. The molecule has 2 N–H and O–H groups in total. The molecule has 0 radical (unpaired) electrons. The molecule has 1 aromatic rings. The molecule has 1 aliphatic rings. The first-order valence-electron chi connectivity index (χ1n) is 9.56. The molecule has 0 aromatic carbocycles. The van der Waals surface area contributed by atoms with E-state index in [-0.39, 0.29) is 36.3 Å². The van der Waals surface area contributed by atoms with Crippen LogP contribution in [-0.2, 0) is 31.9 Å². The Balaban J connectivity index is 2.59. The second kappa shape index (κ2) is 9.40. The third-order valence-corrected chi connectivity index (χ3v) is 5.15. The van der Waals surface area contributed by atoms with E-state index in [0.29, 0.717) is 11.5 Å². The number of fused-ring (bicyclic) bond motifs is 2. The summed E-state index contributed by atoms with van der Waals surface area (Å²) in [6.45, 7) is 7.17. The van der Waals surface area contributed by atoms with E-state index in [1.165, 1.54) is 26.2 Å². The van der Waals surface area contributed by atoms with Gasteiger partial charge in [-0.2, -0.15) is 0 Å². The summed E-state index contributed by atoms with van der Waals surface area (Å²) in [6, 6.07) is 1.49. The molecular weight excluding hydrogens is 392 g/mol. The van der Waals surface area contributed by atoms with Crippen LogP contribution >= 0.6 is 0 Å². The minimum atomic E-state index is -1.73. The number of aliphatic hydroxyl groups excluding tert-OH is 1. The second-order valence-corrected chi connectivity index (χ2v) is 7.89. The van der Waals surface area contributed by atoms with Crippen LogP contribution in [-0.4, -0.2) is 53.9 Å². The molecule has 0 aliphatic carbocycles. The summed E-state index contributed by atoms with van der Waals surface area (Å²) in [5, 5.41) is 21.2. The zero-order valence-electron chi connectivity index (χ0n) is 17.7. The van der Waals surface area contributed by atoms with E-state index in [9.17, 15) is 24.6 Å². The molecule has 8 heteroatoms. The molecule has 0 spiro atoms. The van der Waals surface area contributed by atoms with Crippen LogP contribution in [0.4, 0.5) is 0 Å². The maximum absolute atomic E-state index is 12.6. The summed E-state index contributed by atoms with van der Waals surface area (Å²) in [4.78, 5) is 36.9. The first kappa shape index (κ1) is 23.6. The molecule has 0 saturated heterocycles. The number of hydrogen-bond donors (Lipinski definition) is 2. The minimum absolute atomic E-state index is 0.0789. The maximum atomic E-state index is 12.6. The minimum Gasteiger partial charge on any atom is -0.466 e. The quantitative estimate of drug-likeness (QED) is 0.562. The van der Waals surface area contributed by atoms with Gasteiger partial charge in [-0.3, -0.25) is 4.79 Å². The SMILES string of the molecule is C=C(C)[C@H]1C/C=C(\C(=O)OC)C(O)C(=O)C[C@](C)(O)Cc2cc(C(=O)OC)c(o2)C1. The van der Waals surface area contributed by atoms with Crippen molar-refractivity contribution in [3.8, 4) is 0 Å². The van der Waals surface area contributed by atoms with Crippen LogP contribution in [0.25, 0.3) is 0 Å². The number of Topliss-reactive ketones (excluding diaryl/α,β-unsaturated/α-hetero) is 1. The molecule has 1 aliphatic heterocycles. The van der Waals surface area contributed by atoms with Gasteiger partial charge in [0.25, 0.3) is 0 Å². The predicted octanol–water partition coefficient (Wildman–Crippen LogP) is 1.92. The maximum Gasteiger partial charge on any atom is 0.341 e. The highest BCUT2D eigenvalue weighted by Crippen LogP contribution is 2.29. The van der Waals surface area contributed by atoms with Gasteiger partial charge in [-0.25, -0.2) is 9.59 Å². The van der Waals surface area contributed by atoms with Crippen LogP contribution in [0.1, 0.15) is 48.6 Å². The number of esters is 2. The van der Waals surface area contributed by atoms with Crippen molar-refractivity contribution in [2.75, 3.05) is 14.2 Å². The zero-order valence-corrected chi connectivity index (χ0v) is 17.7. The van der Waals surface area contributed by atoms with Crippen molar-refractivity contribution in [2.45, 2.75) is 51.2 Å². The zero-order chi connectivity index (χ0) is 22.6. The molecule has 0 saturated carbocycles. The van der Waals surface area contributed by atoms with E-state index in [1.807, 2.05) is 0 Å². The number of rotatable bonds is 3. The summed E-state index contributed by atoms with van der Waals surface area (Å²) in [5.74, 6) is -1.73. The van der Waals surface area contributed by atoms with Crippen molar-refractivity contribution in [1.82, 2.24) is 0 Å². The molecule has 2 heterocycles. The highest BCUT2D eigenvalue weighted by atomic mass is 16.5. The second-order valence-electron chi connectivity index (χ2n) is 7.89. The molecule has 2 bridgehead atoms. The van der Waals surface area contributed by atoms with E-state index in [0.717, 1.165) is 12.7 Å². The molecule has 8 nitrogen and oxygen atoms in total. The summed E-state index contributed by atoms with van der Waals surface area (Å²) < 4.78 is 15.4. The van der Waals surface area contributed by atoms with Crippen molar-refractivity contribution in [1.29, 1.82) is 0 Å². The van der Waals surface area contributed by atoms with E-state index in [1.54, 1.807) is 6.92 Å².